The summed E-state index contributed by atoms with van der Waals surface area (Å²) in [4.78, 5) is 0. The van der Waals surface area contributed by atoms with Gasteiger partial charge in [0.1, 0.15) is 5.75 Å². The van der Waals surface area contributed by atoms with Crippen molar-refractivity contribution >= 4 is 0 Å². The lowest BCUT2D eigenvalue weighted by Gasteiger charge is -2.10. The molecule has 0 aliphatic rings. The molecule has 13 heavy (non-hydrogen) atoms. The molecule has 0 saturated heterocycles. The Hall–Kier alpha value is -1.06. The van der Waals surface area contributed by atoms with E-state index in [1.165, 1.54) is 0 Å². The van der Waals surface area contributed by atoms with Crippen LogP contribution in [0.1, 0.15) is 17.2 Å². The summed E-state index contributed by atoms with van der Waals surface area (Å²) < 4.78 is 5.10. The van der Waals surface area contributed by atoms with Crippen LogP contribution in [0.5, 0.6) is 5.75 Å². The van der Waals surface area contributed by atoms with E-state index in [9.17, 15) is 5.11 Å². The number of rotatable bonds is 3. The molecular formula is C10H15NO2. The first-order valence-electron chi connectivity index (χ1n) is 4.21. The van der Waals surface area contributed by atoms with Gasteiger partial charge >= 0.3 is 0 Å². The van der Waals surface area contributed by atoms with Gasteiger partial charge in [0.25, 0.3) is 0 Å². The van der Waals surface area contributed by atoms with Crippen LogP contribution in [0, 0.1) is 6.92 Å². The maximum Gasteiger partial charge on any atom is 0.121 e. The van der Waals surface area contributed by atoms with Crippen molar-refractivity contribution in [1.82, 2.24) is 0 Å². The van der Waals surface area contributed by atoms with Crippen molar-refractivity contribution in [2.45, 2.75) is 13.0 Å². The molecule has 1 aromatic carbocycles. The lowest BCUT2D eigenvalue weighted by molar-refractivity contribution is 0.186. The third-order valence-corrected chi connectivity index (χ3v) is 2.03. The van der Waals surface area contributed by atoms with E-state index in [0.717, 1.165) is 16.9 Å². The molecule has 0 radical (unpaired) electrons. The molecule has 3 heteroatoms. The first kappa shape index (κ1) is 10.0. The number of methoxy groups -OCH3 is 1. The Morgan fingerprint density at radius 2 is 2.23 bits per heavy atom. The van der Waals surface area contributed by atoms with E-state index >= 15 is 0 Å². The number of benzene rings is 1. The minimum atomic E-state index is -0.579. The smallest absolute Gasteiger partial charge is 0.121 e. The second-order valence-corrected chi connectivity index (χ2v) is 2.98. The predicted octanol–water partition coefficient (Wildman–Crippen LogP) is 0.996. The van der Waals surface area contributed by atoms with Gasteiger partial charge in [0.2, 0.25) is 0 Å². The minimum Gasteiger partial charge on any atom is -0.496 e. The van der Waals surface area contributed by atoms with E-state index in [1.807, 2.05) is 25.1 Å². The first-order valence-corrected chi connectivity index (χ1v) is 4.21. The van der Waals surface area contributed by atoms with Crippen molar-refractivity contribution in [3.8, 4) is 5.75 Å². The van der Waals surface area contributed by atoms with E-state index in [1.54, 1.807) is 7.11 Å². The van der Waals surface area contributed by atoms with E-state index < -0.39 is 6.10 Å². The van der Waals surface area contributed by atoms with Crippen molar-refractivity contribution in [3.05, 3.63) is 29.3 Å². The van der Waals surface area contributed by atoms with Gasteiger partial charge in [-0.3, -0.25) is 0 Å². The van der Waals surface area contributed by atoms with Gasteiger partial charge < -0.3 is 15.6 Å². The van der Waals surface area contributed by atoms with Gasteiger partial charge in [0, 0.05) is 6.54 Å². The fraction of sp³-hybridized carbons (Fsp3) is 0.400. The van der Waals surface area contributed by atoms with Crippen LogP contribution in [0.2, 0.25) is 0 Å². The SMILES string of the molecule is COc1ccc([C@H](O)CN)cc1C. The Morgan fingerprint density at radius 3 is 2.69 bits per heavy atom. The Bertz CT molecular complexity index is 286. The highest BCUT2D eigenvalue weighted by molar-refractivity contribution is 5.36. The second kappa shape index (κ2) is 4.25. The van der Waals surface area contributed by atoms with Crippen LogP contribution in [0.15, 0.2) is 18.2 Å². The Labute approximate surface area is 78.1 Å². The topological polar surface area (TPSA) is 55.5 Å². The molecular weight excluding hydrogens is 166 g/mol. The molecule has 0 aliphatic heterocycles. The van der Waals surface area contributed by atoms with Crippen LogP contribution in [-0.2, 0) is 0 Å². The van der Waals surface area contributed by atoms with E-state index in [-0.39, 0.29) is 6.54 Å². The third kappa shape index (κ3) is 2.20. The maximum atomic E-state index is 9.45. The fourth-order valence-corrected chi connectivity index (χ4v) is 1.24. The molecule has 0 aromatic heterocycles. The number of hydrogen-bond acceptors (Lipinski definition) is 3. The molecule has 3 N–H and O–H groups in total. The van der Waals surface area contributed by atoms with Crippen LogP contribution in [0.25, 0.3) is 0 Å². The molecule has 0 unspecified atom stereocenters. The molecule has 0 amide bonds. The van der Waals surface area contributed by atoms with Crippen molar-refractivity contribution in [3.63, 3.8) is 0 Å². The zero-order chi connectivity index (χ0) is 9.84. The average Bonchev–Trinajstić information content (AvgIpc) is 2.16. The normalized spacial score (nSPS) is 12.6. The van der Waals surface area contributed by atoms with Crippen molar-refractivity contribution in [1.29, 1.82) is 0 Å². The number of aliphatic hydroxyl groups is 1. The fourth-order valence-electron chi connectivity index (χ4n) is 1.24. The van der Waals surface area contributed by atoms with Crippen molar-refractivity contribution < 1.29 is 9.84 Å². The quantitative estimate of drug-likeness (QED) is 0.731. The lowest BCUT2D eigenvalue weighted by Crippen LogP contribution is -2.11. The number of nitrogens with two attached hydrogens (primary N) is 1. The van der Waals surface area contributed by atoms with Gasteiger partial charge in [-0.25, -0.2) is 0 Å². The van der Waals surface area contributed by atoms with E-state index in [2.05, 4.69) is 0 Å². The van der Waals surface area contributed by atoms with Crippen LogP contribution in [-0.4, -0.2) is 18.8 Å². The van der Waals surface area contributed by atoms with Crippen LogP contribution < -0.4 is 10.5 Å². The molecule has 3 nitrogen and oxygen atoms in total. The summed E-state index contributed by atoms with van der Waals surface area (Å²) in [5.41, 5.74) is 7.18. The molecule has 1 rings (SSSR count). The molecule has 0 aliphatic carbocycles. The molecule has 1 aromatic rings. The second-order valence-electron chi connectivity index (χ2n) is 2.98. The summed E-state index contributed by atoms with van der Waals surface area (Å²) >= 11 is 0. The number of ether oxygens (including phenoxy) is 1. The summed E-state index contributed by atoms with van der Waals surface area (Å²) in [5, 5.41) is 9.45. The summed E-state index contributed by atoms with van der Waals surface area (Å²) in [6, 6.07) is 5.54. The molecule has 0 spiro atoms. The highest BCUT2D eigenvalue weighted by Gasteiger charge is 2.06. The van der Waals surface area contributed by atoms with Gasteiger partial charge in [0.15, 0.2) is 0 Å². The van der Waals surface area contributed by atoms with Gasteiger partial charge in [-0.2, -0.15) is 0 Å². The third-order valence-electron chi connectivity index (χ3n) is 2.03. The van der Waals surface area contributed by atoms with Crippen LogP contribution >= 0.6 is 0 Å². The maximum absolute atomic E-state index is 9.45. The standard InChI is InChI=1S/C10H15NO2/c1-7-5-8(9(12)6-11)3-4-10(7)13-2/h3-5,9,12H,6,11H2,1-2H3/t9-/m1/s1. The van der Waals surface area contributed by atoms with E-state index in [0.29, 0.717) is 0 Å². The zero-order valence-corrected chi connectivity index (χ0v) is 7.95. The van der Waals surface area contributed by atoms with Gasteiger partial charge in [-0.15, -0.1) is 0 Å². The Morgan fingerprint density at radius 1 is 1.54 bits per heavy atom. The van der Waals surface area contributed by atoms with Gasteiger partial charge in [-0.05, 0) is 30.2 Å². The Kier molecular flexibility index (Phi) is 3.28. The molecule has 0 bridgehead atoms. The zero-order valence-electron chi connectivity index (χ0n) is 7.95. The highest BCUT2D eigenvalue weighted by Crippen LogP contribution is 2.21. The Balaban J connectivity index is 2.95. The molecule has 0 heterocycles. The van der Waals surface area contributed by atoms with Crippen LogP contribution in [0.3, 0.4) is 0 Å². The summed E-state index contributed by atoms with van der Waals surface area (Å²) in [6.07, 6.45) is -0.579. The monoisotopic (exact) mass is 181 g/mol. The van der Waals surface area contributed by atoms with Crippen LogP contribution in [0.4, 0.5) is 0 Å². The summed E-state index contributed by atoms with van der Waals surface area (Å²) in [6.45, 7) is 2.18. The average molecular weight is 181 g/mol. The number of aryl methyl sites for hydroxylation is 1. The molecule has 0 fully saturated rings. The summed E-state index contributed by atoms with van der Waals surface area (Å²) in [5.74, 6) is 0.827. The minimum absolute atomic E-state index is 0.242. The lowest BCUT2D eigenvalue weighted by atomic mass is 10.1. The number of aliphatic hydroxyl groups excluding tert-OH is 1. The van der Waals surface area contributed by atoms with Gasteiger partial charge in [0.05, 0.1) is 13.2 Å². The number of hydrogen-bond donors (Lipinski definition) is 2. The predicted molar refractivity (Wildman–Crippen MR) is 51.7 cm³/mol. The highest BCUT2D eigenvalue weighted by atomic mass is 16.5. The largest absolute Gasteiger partial charge is 0.496 e. The van der Waals surface area contributed by atoms with Gasteiger partial charge in [-0.1, -0.05) is 6.07 Å². The summed E-state index contributed by atoms with van der Waals surface area (Å²) in [7, 11) is 1.63. The molecule has 1 atom stereocenters. The first-order chi connectivity index (χ1) is 6.19. The van der Waals surface area contributed by atoms with Crippen molar-refractivity contribution in [2.75, 3.05) is 13.7 Å². The van der Waals surface area contributed by atoms with Crippen molar-refractivity contribution in [2.24, 2.45) is 5.73 Å². The molecule has 72 valence electrons. The van der Waals surface area contributed by atoms with E-state index in [4.69, 9.17) is 10.5 Å². The molecule has 0 saturated carbocycles.